The normalized spacial score (nSPS) is 29.8. The number of carbonyl (C=O) groups excluding carboxylic acids is 1. The summed E-state index contributed by atoms with van der Waals surface area (Å²) < 4.78 is 6.68. The van der Waals surface area contributed by atoms with Gasteiger partial charge in [-0.05, 0) is 61.1 Å². The van der Waals surface area contributed by atoms with Gasteiger partial charge in [-0.3, -0.25) is 4.79 Å². The second-order valence-electron chi connectivity index (χ2n) is 7.00. The second kappa shape index (κ2) is 5.64. The predicted octanol–water partition coefficient (Wildman–Crippen LogP) is 3.72. The molecule has 2 aliphatic heterocycles. The van der Waals surface area contributed by atoms with Gasteiger partial charge in [0.05, 0.1) is 0 Å². The number of piperidine rings is 1. The van der Waals surface area contributed by atoms with Crippen LogP contribution in [0.4, 0.5) is 0 Å². The Kier molecular flexibility index (Phi) is 3.77. The molecule has 1 saturated carbocycles. The molecule has 2 atom stereocenters. The van der Waals surface area contributed by atoms with Gasteiger partial charge in [-0.25, -0.2) is 0 Å². The van der Waals surface area contributed by atoms with E-state index in [-0.39, 0.29) is 12.0 Å². The van der Waals surface area contributed by atoms with Crippen molar-refractivity contribution >= 4 is 21.8 Å². The van der Waals surface area contributed by atoms with E-state index in [2.05, 4.69) is 40.2 Å². The molecule has 0 N–H and O–H groups in total. The Morgan fingerprint density at radius 3 is 2.59 bits per heavy atom. The van der Waals surface area contributed by atoms with Gasteiger partial charge in [-0.2, -0.15) is 0 Å². The molecule has 0 bridgehead atoms. The number of carbonyl (C=O) groups is 1. The van der Waals surface area contributed by atoms with Crippen LogP contribution in [-0.2, 0) is 9.53 Å². The molecule has 4 rings (SSSR count). The monoisotopic (exact) mass is 363 g/mol. The van der Waals surface area contributed by atoms with Gasteiger partial charge in [-0.1, -0.05) is 28.1 Å². The summed E-state index contributed by atoms with van der Waals surface area (Å²) in [6, 6.07) is 8.76. The van der Waals surface area contributed by atoms with E-state index in [0.29, 0.717) is 11.3 Å². The number of nitrogens with zero attached hydrogens (tertiary/aromatic N) is 1. The lowest BCUT2D eigenvalue weighted by Crippen LogP contribution is -2.44. The van der Waals surface area contributed by atoms with Crippen molar-refractivity contribution in [1.29, 1.82) is 0 Å². The molecular weight excluding hydrogens is 342 g/mol. The average Bonchev–Trinajstić information content (AvgIpc) is 2.99. The average molecular weight is 364 g/mol. The Morgan fingerprint density at radius 2 is 1.95 bits per heavy atom. The maximum atomic E-state index is 12.4. The Labute approximate surface area is 140 Å². The number of hydrogen-bond acceptors (Lipinski definition) is 2. The molecule has 1 spiro atoms. The number of amides is 1. The lowest BCUT2D eigenvalue weighted by Gasteiger charge is -2.34. The van der Waals surface area contributed by atoms with Gasteiger partial charge in [0, 0.05) is 24.2 Å². The molecule has 3 fully saturated rings. The highest BCUT2D eigenvalue weighted by molar-refractivity contribution is 9.10. The van der Waals surface area contributed by atoms with E-state index in [1.54, 1.807) is 0 Å². The largest absolute Gasteiger partial charge is 0.368 e. The maximum Gasteiger partial charge on any atom is 0.251 e. The Hall–Kier alpha value is -0.870. The standard InChI is InChI=1S/C18H22BrNO2/c19-14-5-3-13(4-6-14)15-12-18(15)7-9-20(10-8-18)17(21)16-2-1-11-22-16/h3-6,15-16H,1-2,7-12H2. The minimum absolute atomic E-state index is 0.157. The third-order valence-electron chi connectivity index (χ3n) is 5.74. The van der Waals surface area contributed by atoms with Crippen LogP contribution in [0.2, 0.25) is 0 Å². The lowest BCUT2D eigenvalue weighted by atomic mass is 9.88. The van der Waals surface area contributed by atoms with Gasteiger partial charge in [0.25, 0.3) is 5.91 Å². The van der Waals surface area contributed by atoms with Crippen molar-refractivity contribution in [3.05, 3.63) is 34.3 Å². The molecule has 3 nitrogen and oxygen atoms in total. The van der Waals surface area contributed by atoms with Gasteiger partial charge in [0.15, 0.2) is 0 Å². The summed E-state index contributed by atoms with van der Waals surface area (Å²) in [4.78, 5) is 14.5. The molecule has 3 aliphatic rings. The van der Waals surface area contributed by atoms with E-state index in [1.165, 1.54) is 12.0 Å². The highest BCUT2D eigenvalue weighted by atomic mass is 79.9. The molecule has 2 unspecified atom stereocenters. The van der Waals surface area contributed by atoms with Crippen molar-refractivity contribution in [2.75, 3.05) is 19.7 Å². The van der Waals surface area contributed by atoms with Crippen LogP contribution in [-0.4, -0.2) is 36.6 Å². The van der Waals surface area contributed by atoms with Crippen LogP contribution < -0.4 is 0 Å². The molecule has 22 heavy (non-hydrogen) atoms. The molecule has 2 heterocycles. The number of rotatable bonds is 2. The topological polar surface area (TPSA) is 29.5 Å². The van der Waals surface area contributed by atoms with Crippen molar-refractivity contribution in [3.8, 4) is 0 Å². The summed E-state index contributed by atoms with van der Waals surface area (Å²) in [7, 11) is 0. The third kappa shape index (κ3) is 2.61. The number of likely N-dealkylation sites (tertiary alicyclic amines) is 1. The highest BCUT2D eigenvalue weighted by Gasteiger charge is 2.55. The summed E-state index contributed by atoms with van der Waals surface area (Å²) in [6.45, 7) is 2.57. The van der Waals surface area contributed by atoms with Crippen molar-refractivity contribution in [3.63, 3.8) is 0 Å². The Balaban J connectivity index is 1.36. The Bertz CT molecular complexity index is 557. The molecule has 1 amide bonds. The van der Waals surface area contributed by atoms with Crippen LogP contribution >= 0.6 is 15.9 Å². The van der Waals surface area contributed by atoms with E-state index < -0.39 is 0 Å². The fourth-order valence-corrected chi connectivity index (χ4v) is 4.48. The third-order valence-corrected chi connectivity index (χ3v) is 6.27. The van der Waals surface area contributed by atoms with Gasteiger partial charge in [0.2, 0.25) is 0 Å². The molecule has 1 aliphatic carbocycles. The smallest absolute Gasteiger partial charge is 0.251 e. The van der Waals surface area contributed by atoms with Crippen molar-refractivity contribution < 1.29 is 9.53 Å². The summed E-state index contributed by atoms with van der Waals surface area (Å²) in [5, 5.41) is 0. The van der Waals surface area contributed by atoms with Gasteiger partial charge in [0.1, 0.15) is 6.10 Å². The lowest BCUT2D eigenvalue weighted by molar-refractivity contribution is -0.142. The first kappa shape index (κ1) is 14.7. The van der Waals surface area contributed by atoms with Gasteiger partial charge < -0.3 is 9.64 Å². The van der Waals surface area contributed by atoms with Crippen LogP contribution in [0.5, 0.6) is 0 Å². The second-order valence-corrected chi connectivity index (χ2v) is 7.91. The number of benzene rings is 1. The molecule has 0 aromatic heterocycles. The van der Waals surface area contributed by atoms with Gasteiger partial charge >= 0.3 is 0 Å². The summed E-state index contributed by atoms with van der Waals surface area (Å²) in [5.41, 5.74) is 1.92. The van der Waals surface area contributed by atoms with Crippen LogP contribution in [0, 0.1) is 5.41 Å². The number of ether oxygens (including phenoxy) is 1. The molecule has 2 saturated heterocycles. The SMILES string of the molecule is O=C(C1CCCO1)N1CCC2(CC1)CC2c1ccc(Br)cc1. The molecule has 1 aromatic carbocycles. The van der Waals surface area contributed by atoms with Crippen LogP contribution in [0.1, 0.15) is 43.6 Å². The van der Waals surface area contributed by atoms with E-state index in [4.69, 9.17) is 4.74 Å². The molecule has 0 radical (unpaired) electrons. The first-order valence-corrected chi connectivity index (χ1v) is 9.13. The van der Waals surface area contributed by atoms with Crippen LogP contribution in [0.25, 0.3) is 0 Å². The summed E-state index contributed by atoms with van der Waals surface area (Å²) >= 11 is 3.50. The van der Waals surface area contributed by atoms with Gasteiger partial charge in [-0.15, -0.1) is 0 Å². The summed E-state index contributed by atoms with van der Waals surface area (Å²) in [5.74, 6) is 0.925. The van der Waals surface area contributed by atoms with E-state index in [9.17, 15) is 4.79 Å². The highest BCUT2D eigenvalue weighted by Crippen LogP contribution is 2.64. The number of halogens is 1. The minimum atomic E-state index is -0.157. The summed E-state index contributed by atoms with van der Waals surface area (Å²) in [6.07, 6.45) is 5.35. The molecule has 118 valence electrons. The van der Waals surface area contributed by atoms with E-state index in [1.807, 2.05) is 4.90 Å². The minimum Gasteiger partial charge on any atom is -0.368 e. The van der Waals surface area contributed by atoms with Crippen LogP contribution in [0.3, 0.4) is 0 Å². The van der Waals surface area contributed by atoms with E-state index >= 15 is 0 Å². The first-order valence-electron chi connectivity index (χ1n) is 8.34. The van der Waals surface area contributed by atoms with Crippen LogP contribution in [0.15, 0.2) is 28.7 Å². The zero-order valence-corrected chi connectivity index (χ0v) is 14.3. The molecule has 1 aromatic rings. The van der Waals surface area contributed by atoms with E-state index in [0.717, 1.165) is 49.9 Å². The van der Waals surface area contributed by atoms with Crippen molar-refractivity contribution in [2.24, 2.45) is 5.41 Å². The zero-order chi connectivity index (χ0) is 15.2. The Morgan fingerprint density at radius 1 is 1.23 bits per heavy atom. The molecule has 4 heteroatoms. The molecular formula is C18H22BrNO2. The van der Waals surface area contributed by atoms with Crippen molar-refractivity contribution in [1.82, 2.24) is 4.90 Å². The predicted molar refractivity (Wildman–Crippen MR) is 88.7 cm³/mol. The number of hydrogen-bond donors (Lipinski definition) is 0. The fourth-order valence-electron chi connectivity index (χ4n) is 4.22. The fraction of sp³-hybridized carbons (Fsp3) is 0.611. The quantitative estimate of drug-likeness (QED) is 0.801. The maximum absolute atomic E-state index is 12.4. The van der Waals surface area contributed by atoms with Crippen molar-refractivity contribution in [2.45, 2.75) is 44.1 Å². The first-order chi connectivity index (χ1) is 10.7. The zero-order valence-electron chi connectivity index (χ0n) is 12.8.